The number of nitrogens with one attached hydrogen (secondary N) is 1. The summed E-state index contributed by atoms with van der Waals surface area (Å²) in [5, 5.41) is 20.8. The Kier molecular flexibility index (Phi) is 3.02. The Morgan fingerprint density at radius 2 is 2.23 bits per heavy atom. The Bertz CT molecular complexity index is 357. The lowest BCUT2D eigenvalue weighted by atomic mass is 10.3. The molecular formula is C8H5N3OS. The topological polar surface area (TPSA) is 76.7 Å². The van der Waals surface area contributed by atoms with Crippen molar-refractivity contribution < 1.29 is 4.79 Å². The molecule has 1 aromatic rings. The van der Waals surface area contributed by atoms with Crippen molar-refractivity contribution >= 4 is 17.2 Å². The highest BCUT2D eigenvalue weighted by molar-refractivity contribution is 7.12. The van der Waals surface area contributed by atoms with E-state index in [2.05, 4.69) is 5.32 Å². The largest absolute Gasteiger partial charge is 0.324 e. The second kappa shape index (κ2) is 4.24. The Hall–Kier alpha value is -1.85. The summed E-state index contributed by atoms with van der Waals surface area (Å²) in [7, 11) is 0. The number of carbonyl (C=O) groups is 1. The summed E-state index contributed by atoms with van der Waals surface area (Å²) in [5.41, 5.74) is 0. The normalized spacial score (nSPS) is 8.85. The number of rotatable bonds is 2. The fraction of sp³-hybridized carbons (Fsp3) is 0.125. The van der Waals surface area contributed by atoms with Crippen LogP contribution in [0.25, 0.3) is 0 Å². The summed E-state index contributed by atoms with van der Waals surface area (Å²) in [4.78, 5) is 11.7. The first-order chi connectivity index (χ1) is 6.27. The average Bonchev–Trinajstić information content (AvgIpc) is 2.66. The van der Waals surface area contributed by atoms with Crippen molar-refractivity contribution in [3.8, 4) is 12.1 Å². The van der Waals surface area contributed by atoms with E-state index in [1.54, 1.807) is 29.7 Å². The van der Waals surface area contributed by atoms with Gasteiger partial charge < -0.3 is 5.32 Å². The van der Waals surface area contributed by atoms with Crippen LogP contribution < -0.4 is 5.32 Å². The summed E-state index contributed by atoms with van der Waals surface area (Å²) >= 11 is 1.26. The molecule has 0 saturated carbocycles. The van der Waals surface area contributed by atoms with Crippen LogP contribution in [-0.4, -0.2) is 11.9 Å². The van der Waals surface area contributed by atoms with Crippen LogP contribution in [0.3, 0.4) is 0 Å². The number of amides is 1. The van der Waals surface area contributed by atoms with Gasteiger partial charge in [-0.3, -0.25) is 4.79 Å². The Labute approximate surface area is 79.0 Å². The van der Waals surface area contributed by atoms with Crippen LogP contribution in [0.1, 0.15) is 9.67 Å². The molecule has 0 bridgehead atoms. The van der Waals surface area contributed by atoms with Gasteiger partial charge in [-0.1, -0.05) is 6.07 Å². The van der Waals surface area contributed by atoms with Crippen molar-refractivity contribution in [2.24, 2.45) is 0 Å². The summed E-state index contributed by atoms with van der Waals surface area (Å²) in [6.07, 6.45) is 0. The Morgan fingerprint density at radius 1 is 1.54 bits per heavy atom. The minimum Gasteiger partial charge on any atom is -0.324 e. The molecule has 0 radical (unpaired) electrons. The highest BCUT2D eigenvalue weighted by atomic mass is 32.1. The summed E-state index contributed by atoms with van der Waals surface area (Å²) in [6, 6.07) is 5.60. The molecule has 0 unspecified atom stereocenters. The lowest BCUT2D eigenvalue weighted by molar-refractivity contribution is 0.0956. The Morgan fingerprint density at radius 3 is 2.69 bits per heavy atom. The SMILES string of the molecule is N#CC(C#N)NC(=O)c1cccs1. The van der Waals surface area contributed by atoms with Gasteiger partial charge in [-0.2, -0.15) is 10.5 Å². The van der Waals surface area contributed by atoms with Crippen molar-refractivity contribution in [3.63, 3.8) is 0 Å². The minimum atomic E-state index is -1.07. The monoisotopic (exact) mass is 191 g/mol. The van der Waals surface area contributed by atoms with Crippen LogP contribution in [0.15, 0.2) is 17.5 Å². The van der Waals surface area contributed by atoms with Crippen molar-refractivity contribution in [2.45, 2.75) is 6.04 Å². The van der Waals surface area contributed by atoms with Gasteiger partial charge >= 0.3 is 0 Å². The van der Waals surface area contributed by atoms with Gasteiger partial charge in [0.2, 0.25) is 6.04 Å². The molecule has 1 rings (SSSR count). The molecule has 0 fully saturated rings. The molecule has 4 nitrogen and oxygen atoms in total. The molecule has 5 heteroatoms. The summed E-state index contributed by atoms with van der Waals surface area (Å²) < 4.78 is 0. The fourth-order valence-corrected chi connectivity index (χ4v) is 1.33. The van der Waals surface area contributed by atoms with Gasteiger partial charge in [-0.05, 0) is 11.4 Å². The van der Waals surface area contributed by atoms with Crippen molar-refractivity contribution in [2.75, 3.05) is 0 Å². The van der Waals surface area contributed by atoms with E-state index in [0.717, 1.165) is 0 Å². The zero-order chi connectivity index (χ0) is 9.68. The van der Waals surface area contributed by atoms with Crippen molar-refractivity contribution in [1.29, 1.82) is 10.5 Å². The number of hydrogen-bond acceptors (Lipinski definition) is 4. The lowest BCUT2D eigenvalue weighted by Crippen LogP contribution is -2.31. The first-order valence-corrected chi connectivity index (χ1v) is 4.29. The van der Waals surface area contributed by atoms with Gasteiger partial charge in [0.15, 0.2) is 0 Å². The zero-order valence-corrected chi connectivity index (χ0v) is 7.34. The minimum absolute atomic E-state index is 0.386. The molecule has 0 aliphatic rings. The molecule has 64 valence electrons. The van der Waals surface area contributed by atoms with Gasteiger partial charge in [0.25, 0.3) is 5.91 Å². The predicted octanol–water partition coefficient (Wildman–Crippen LogP) is 0.894. The highest BCUT2D eigenvalue weighted by Gasteiger charge is 2.11. The molecule has 1 aromatic heterocycles. The van der Waals surface area contributed by atoms with E-state index < -0.39 is 6.04 Å². The van der Waals surface area contributed by atoms with Gasteiger partial charge in [0.1, 0.15) is 12.1 Å². The molecule has 1 amide bonds. The number of hydrogen-bond donors (Lipinski definition) is 1. The average molecular weight is 191 g/mol. The third kappa shape index (κ3) is 2.29. The third-order valence-electron chi connectivity index (χ3n) is 1.28. The number of carbonyl (C=O) groups excluding carboxylic acids is 1. The van der Waals surface area contributed by atoms with Crippen LogP contribution in [0.4, 0.5) is 0 Å². The van der Waals surface area contributed by atoms with Crippen LogP contribution in [0.2, 0.25) is 0 Å². The molecule has 0 atom stereocenters. The molecule has 1 N–H and O–H groups in total. The van der Waals surface area contributed by atoms with Gasteiger partial charge in [-0.15, -0.1) is 11.3 Å². The molecule has 0 aliphatic carbocycles. The van der Waals surface area contributed by atoms with Gasteiger partial charge in [-0.25, -0.2) is 0 Å². The molecule has 0 saturated heterocycles. The van der Waals surface area contributed by atoms with Crippen LogP contribution >= 0.6 is 11.3 Å². The van der Waals surface area contributed by atoms with E-state index in [0.29, 0.717) is 4.88 Å². The quantitative estimate of drug-likeness (QED) is 0.754. The molecule has 1 heterocycles. The third-order valence-corrected chi connectivity index (χ3v) is 2.15. The molecule has 13 heavy (non-hydrogen) atoms. The maximum atomic E-state index is 11.2. The van der Waals surface area contributed by atoms with E-state index in [1.807, 2.05) is 0 Å². The van der Waals surface area contributed by atoms with Crippen LogP contribution in [0.5, 0.6) is 0 Å². The summed E-state index contributed by atoms with van der Waals surface area (Å²) in [6.45, 7) is 0. The number of nitriles is 2. The maximum absolute atomic E-state index is 11.2. The summed E-state index contributed by atoms with van der Waals surface area (Å²) in [5.74, 6) is -0.386. The van der Waals surface area contributed by atoms with E-state index in [-0.39, 0.29) is 5.91 Å². The van der Waals surface area contributed by atoms with Crippen molar-refractivity contribution in [1.82, 2.24) is 5.32 Å². The predicted molar refractivity (Wildman–Crippen MR) is 46.8 cm³/mol. The maximum Gasteiger partial charge on any atom is 0.263 e. The molecule has 0 spiro atoms. The van der Waals surface area contributed by atoms with E-state index in [9.17, 15) is 4.79 Å². The van der Waals surface area contributed by atoms with Crippen molar-refractivity contribution in [3.05, 3.63) is 22.4 Å². The molecular weight excluding hydrogens is 186 g/mol. The highest BCUT2D eigenvalue weighted by Crippen LogP contribution is 2.07. The standard InChI is InChI=1S/C8H5N3OS/c9-4-6(5-10)11-8(12)7-2-1-3-13-7/h1-3,6H,(H,11,12). The van der Waals surface area contributed by atoms with E-state index in [1.165, 1.54) is 11.3 Å². The second-order valence-electron chi connectivity index (χ2n) is 2.14. The zero-order valence-electron chi connectivity index (χ0n) is 6.52. The molecule has 0 aliphatic heterocycles. The van der Waals surface area contributed by atoms with Crippen LogP contribution in [0, 0.1) is 22.7 Å². The first kappa shape index (κ1) is 9.24. The van der Waals surface area contributed by atoms with E-state index >= 15 is 0 Å². The smallest absolute Gasteiger partial charge is 0.263 e. The lowest BCUT2D eigenvalue weighted by Gasteiger charge is -2.00. The first-order valence-electron chi connectivity index (χ1n) is 3.41. The van der Waals surface area contributed by atoms with Crippen LogP contribution in [-0.2, 0) is 0 Å². The second-order valence-corrected chi connectivity index (χ2v) is 3.09. The fourth-order valence-electron chi connectivity index (χ4n) is 0.703. The molecule has 0 aromatic carbocycles. The Balaban J connectivity index is 2.63. The number of nitrogens with zero attached hydrogens (tertiary/aromatic N) is 2. The number of thiophene rings is 1. The van der Waals surface area contributed by atoms with E-state index in [4.69, 9.17) is 10.5 Å². The van der Waals surface area contributed by atoms with Gasteiger partial charge in [0.05, 0.1) is 4.88 Å². The van der Waals surface area contributed by atoms with Gasteiger partial charge in [0, 0.05) is 0 Å².